The zero-order chi connectivity index (χ0) is 19.2. The minimum absolute atomic E-state index is 0.104. The highest BCUT2D eigenvalue weighted by molar-refractivity contribution is 5.89. The van der Waals surface area contributed by atoms with Gasteiger partial charge in [0.2, 0.25) is 0 Å². The molecule has 2 rings (SSSR count). The second kappa shape index (κ2) is 9.01. The van der Waals surface area contributed by atoms with Gasteiger partial charge in [0.05, 0.1) is 12.2 Å². The molecular weight excluding hydrogens is 326 g/mol. The molecule has 4 nitrogen and oxygen atoms in total. The highest BCUT2D eigenvalue weighted by Gasteiger charge is 2.47. The van der Waals surface area contributed by atoms with E-state index in [1.807, 2.05) is 18.2 Å². The first-order valence-electron chi connectivity index (χ1n) is 9.95. The molecule has 4 heteroatoms. The van der Waals surface area contributed by atoms with Crippen molar-refractivity contribution in [2.24, 2.45) is 0 Å². The number of unbranched alkanes of at least 4 members (excludes halogenated alkanes) is 3. The molecule has 1 aliphatic heterocycles. The van der Waals surface area contributed by atoms with Crippen molar-refractivity contribution in [1.29, 1.82) is 0 Å². The van der Waals surface area contributed by atoms with Gasteiger partial charge in [0.25, 0.3) is 0 Å². The fraction of sp³-hybridized carbons (Fsp3) is 0.682. The van der Waals surface area contributed by atoms with E-state index in [4.69, 9.17) is 9.57 Å². The molecule has 26 heavy (non-hydrogen) atoms. The summed E-state index contributed by atoms with van der Waals surface area (Å²) in [6.07, 6.45) is 6.22. The summed E-state index contributed by atoms with van der Waals surface area (Å²) in [6.45, 7) is 11.6. The molecule has 1 aromatic rings. The van der Waals surface area contributed by atoms with E-state index in [1.165, 1.54) is 19.3 Å². The first-order chi connectivity index (χ1) is 12.3. The summed E-state index contributed by atoms with van der Waals surface area (Å²) in [5, 5.41) is 2.14. The number of ether oxygens (including phenoxy) is 1. The molecule has 146 valence electrons. The zero-order valence-electron chi connectivity index (χ0n) is 17.1. The Bertz CT molecular complexity index is 550. The average molecular weight is 362 g/mol. The van der Waals surface area contributed by atoms with Gasteiger partial charge in [-0.2, -0.15) is 5.06 Å². The Morgan fingerprint density at radius 3 is 2.23 bits per heavy atom. The molecule has 0 radical (unpaired) electrons. The number of rotatable bonds is 8. The lowest BCUT2D eigenvalue weighted by atomic mass is 9.80. The number of benzene rings is 1. The van der Waals surface area contributed by atoms with E-state index in [0.717, 1.165) is 25.9 Å². The molecule has 0 spiro atoms. The summed E-state index contributed by atoms with van der Waals surface area (Å²) in [4.78, 5) is 18.6. The summed E-state index contributed by atoms with van der Waals surface area (Å²) in [7, 11) is 0. The number of nitrogens with zero attached hydrogens (tertiary/aromatic N) is 1. The molecular formula is C22H35NO3. The Morgan fingerprint density at radius 2 is 1.65 bits per heavy atom. The van der Waals surface area contributed by atoms with Crippen LogP contribution < -0.4 is 0 Å². The Morgan fingerprint density at radius 1 is 1.04 bits per heavy atom. The van der Waals surface area contributed by atoms with Crippen LogP contribution in [-0.2, 0) is 9.57 Å². The first kappa shape index (κ1) is 20.9. The molecule has 1 saturated heterocycles. The fourth-order valence-electron chi connectivity index (χ4n) is 4.08. The van der Waals surface area contributed by atoms with Gasteiger partial charge in [-0.3, -0.25) is 4.84 Å². The van der Waals surface area contributed by atoms with Crippen molar-refractivity contribution >= 4 is 5.97 Å². The van der Waals surface area contributed by atoms with Crippen LogP contribution in [0.5, 0.6) is 0 Å². The molecule has 1 aromatic carbocycles. The first-order valence-corrected chi connectivity index (χ1v) is 9.95. The van der Waals surface area contributed by atoms with E-state index in [-0.39, 0.29) is 23.2 Å². The van der Waals surface area contributed by atoms with Gasteiger partial charge in [-0.1, -0.05) is 44.4 Å². The molecule has 0 N–H and O–H groups in total. The average Bonchev–Trinajstić information content (AvgIpc) is 2.56. The zero-order valence-corrected chi connectivity index (χ0v) is 17.1. The summed E-state index contributed by atoms with van der Waals surface area (Å²) in [5.41, 5.74) is 0.236. The lowest BCUT2D eigenvalue weighted by Gasteiger charge is -2.53. The van der Waals surface area contributed by atoms with Gasteiger partial charge in [-0.25, -0.2) is 4.79 Å². The molecule has 0 unspecified atom stereocenters. The minimum Gasteiger partial charge on any atom is -0.459 e. The fourth-order valence-corrected chi connectivity index (χ4v) is 4.08. The largest absolute Gasteiger partial charge is 0.459 e. The van der Waals surface area contributed by atoms with Gasteiger partial charge in [0.15, 0.2) is 0 Å². The van der Waals surface area contributed by atoms with Crippen molar-refractivity contribution < 1.29 is 14.4 Å². The summed E-state index contributed by atoms with van der Waals surface area (Å²) in [5.74, 6) is -0.240. The van der Waals surface area contributed by atoms with Gasteiger partial charge in [0, 0.05) is 23.9 Å². The topological polar surface area (TPSA) is 38.8 Å². The predicted octanol–water partition coefficient (Wildman–Crippen LogP) is 5.38. The van der Waals surface area contributed by atoms with Gasteiger partial charge in [0.1, 0.15) is 6.10 Å². The molecule has 1 heterocycles. The molecule has 0 atom stereocenters. The van der Waals surface area contributed by atoms with Crippen LogP contribution in [0.2, 0.25) is 0 Å². The summed E-state index contributed by atoms with van der Waals surface area (Å²) in [6, 6.07) is 9.22. The molecule has 1 fully saturated rings. The monoisotopic (exact) mass is 361 g/mol. The van der Waals surface area contributed by atoms with Crippen molar-refractivity contribution in [3.05, 3.63) is 35.9 Å². The van der Waals surface area contributed by atoms with E-state index >= 15 is 0 Å². The Labute approximate surface area is 158 Å². The molecule has 1 aliphatic rings. The van der Waals surface area contributed by atoms with Crippen LogP contribution >= 0.6 is 0 Å². The SMILES string of the molecule is CCCCCCON1C(C)(C)CC(OC(=O)c2ccccc2)CC1(C)C. The number of hydroxylamine groups is 2. The molecule has 0 amide bonds. The van der Waals surface area contributed by atoms with E-state index in [2.05, 4.69) is 39.7 Å². The number of esters is 1. The minimum atomic E-state index is -0.240. The maximum Gasteiger partial charge on any atom is 0.338 e. The Kier molecular flexibility index (Phi) is 7.24. The van der Waals surface area contributed by atoms with E-state index in [9.17, 15) is 4.79 Å². The standard InChI is InChI=1S/C22H35NO3/c1-6-7-8-12-15-25-23-21(2,3)16-19(17-22(23,4)5)26-20(24)18-13-10-9-11-14-18/h9-11,13-14,19H,6-8,12,15-17H2,1-5H3. The van der Waals surface area contributed by atoms with Crippen molar-refractivity contribution in [2.75, 3.05) is 6.61 Å². The molecule has 0 aromatic heterocycles. The number of carbonyl (C=O) groups is 1. The predicted molar refractivity (Wildman–Crippen MR) is 105 cm³/mol. The smallest absolute Gasteiger partial charge is 0.338 e. The van der Waals surface area contributed by atoms with Crippen LogP contribution in [0.3, 0.4) is 0 Å². The highest BCUT2D eigenvalue weighted by atomic mass is 16.7. The van der Waals surface area contributed by atoms with E-state index in [0.29, 0.717) is 5.56 Å². The van der Waals surface area contributed by atoms with Crippen molar-refractivity contribution in [3.63, 3.8) is 0 Å². The maximum absolute atomic E-state index is 12.4. The van der Waals surface area contributed by atoms with Crippen LogP contribution in [0.1, 0.15) is 83.5 Å². The third kappa shape index (κ3) is 5.55. The highest BCUT2D eigenvalue weighted by Crippen LogP contribution is 2.40. The second-order valence-electron chi connectivity index (χ2n) is 8.61. The third-order valence-corrected chi connectivity index (χ3v) is 5.06. The lowest BCUT2D eigenvalue weighted by Crippen LogP contribution is -2.62. The van der Waals surface area contributed by atoms with Crippen LogP contribution in [-0.4, -0.2) is 34.8 Å². The number of piperidine rings is 1. The van der Waals surface area contributed by atoms with Crippen LogP contribution in [0.4, 0.5) is 0 Å². The number of carbonyl (C=O) groups excluding carboxylic acids is 1. The maximum atomic E-state index is 12.4. The van der Waals surface area contributed by atoms with Crippen LogP contribution in [0, 0.1) is 0 Å². The third-order valence-electron chi connectivity index (χ3n) is 5.06. The normalized spacial score (nSPS) is 20.0. The van der Waals surface area contributed by atoms with Gasteiger partial charge in [-0.05, 0) is 46.2 Å². The lowest BCUT2D eigenvalue weighted by molar-refractivity contribution is -0.292. The Hall–Kier alpha value is -1.39. The van der Waals surface area contributed by atoms with Crippen LogP contribution in [0.15, 0.2) is 30.3 Å². The second-order valence-corrected chi connectivity index (χ2v) is 8.61. The van der Waals surface area contributed by atoms with Gasteiger partial charge in [-0.15, -0.1) is 0 Å². The van der Waals surface area contributed by atoms with E-state index < -0.39 is 0 Å². The molecule has 0 aliphatic carbocycles. The Balaban J connectivity index is 1.96. The van der Waals surface area contributed by atoms with Gasteiger partial charge < -0.3 is 4.74 Å². The van der Waals surface area contributed by atoms with Crippen LogP contribution in [0.25, 0.3) is 0 Å². The quantitative estimate of drug-likeness (QED) is 0.460. The van der Waals surface area contributed by atoms with Gasteiger partial charge >= 0.3 is 5.97 Å². The molecule has 0 bridgehead atoms. The van der Waals surface area contributed by atoms with Crippen molar-refractivity contribution in [3.8, 4) is 0 Å². The van der Waals surface area contributed by atoms with E-state index in [1.54, 1.807) is 12.1 Å². The van der Waals surface area contributed by atoms with Crippen molar-refractivity contribution in [2.45, 2.75) is 90.3 Å². The number of hydrogen-bond donors (Lipinski definition) is 0. The van der Waals surface area contributed by atoms with Crippen molar-refractivity contribution in [1.82, 2.24) is 5.06 Å². The summed E-state index contributed by atoms with van der Waals surface area (Å²) < 4.78 is 5.83. The number of hydrogen-bond acceptors (Lipinski definition) is 4. The molecule has 0 saturated carbocycles. The summed E-state index contributed by atoms with van der Waals surface area (Å²) >= 11 is 0.